The summed E-state index contributed by atoms with van der Waals surface area (Å²) in [5.41, 5.74) is 0.424. The molecule has 0 aromatic heterocycles. The number of para-hydroxylation sites is 2. The molecule has 2 N–H and O–H groups in total. The van der Waals surface area contributed by atoms with E-state index in [2.05, 4.69) is 22.8 Å². The van der Waals surface area contributed by atoms with Gasteiger partial charge in [0.1, 0.15) is 11.6 Å². The number of hydrogen-bond acceptors (Lipinski definition) is 4. The molecule has 0 heterocycles. The molecule has 0 aliphatic rings. The first-order valence-electron chi connectivity index (χ1n) is 9.86. The Morgan fingerprint density at radius 3 is 2.42 bits per heavy atom. The number of amides is 2. The fraction of sp³-hybridized carbons (Fsp3) is 0.167. The summed E-state index contributed by atoms with van der Waals surface area (Å²) in [6, 6.07) is 22.7. The molecule has 0 bridgehead atoms. The second-order valence-electron chi connectivity index (χ2n) is 6.58. The van der Waals surface area contributed by atoms with E-state index < -0.39 is 11.7 Å². The van der Waals surface area contributed by atoms with E-state index in [0.717, 1.165) is 12.2 Å². The van der Waals surface area contributed by atoms with Crippen LogP contribution in [0, 0.1) is 5.82 Å². The summed E-state index contributed by atoms with van der Waals surface area (Å²) < 4.78 is 19.2. The van der Waals surface area contributed by atoms with Crippen molar-refractivity contribution in [1.82, 2.24) is 5.32 Å². The van der Waals surface area contributed by atoms with Crippen LogP contribution in [0.25, 0.3) is 0 Å². The van der Waals surface area contributed by atoms with Crippen LogP contribution >= 0.6 is 11.8 Å². The highest BCUT2D eigenvalue weighted by atomic mass is 32.2. The molecule has 3 aromatic rings. The van der Waals surface area contributed by atoms with Gasteiger partial charge in [0.05, 0.1) is 11.3 Å². The number of thioether (sulfide) groups is 1. The van der Waals surface area contributed by atoms with Gasteiger partial charge in [0.2, 0.25) is 0 Å². The van der Waals surface area contributed by atoms with Crippen molar-refractivity contribution in [3.63, 3.8) is 0 Å². The van der Waals surface area contributed by atoms with Gasteiger partial charge in [0.25, 0.3) is 11.8 Å². The van der Waals surface area contributed by atoms with Gasteiger partial charge < -0.3 is 15.4 Å². The molecule has 0 aliphatic carbocycles. The Balaban J connectivity index is 1.46. The van der Waals surface area contributed by atoms with Gasteiger partial charge in [-0.15, -0.1) is 11.8 Å². The molecule has 0 aliphatic heterocycles. The first-order valence-corrected chi connectivity index (χ1v) is 10.8. The molecular formula is C24H23FN2O3S. The summed E-state index contributed by atoms with van der Waals surface area (Å²) >= 11 is 1.74. The highest BCUT2D eigenvalue weighted by Crippen LogP contribution is 2.19. The van der Waals surface area contributed by atoms with Crippen LogP contribution in [0.3, 0.4) is 0 Å². The number of carbonyl (C=O) groups excluding carboxylic acids is 2. The molecule has 0 saturated heterocycles. The Morgan fingerprint density at radius 2 is 1.61 bits per heavy atom. The molecule has 0 fully saturated rings. The zero-order valence-corrected chi connectivity index (χ0v) is 17.7. The predicted molar refractivity (Wildman–Crippen MR) is 121 cm³/mol. The summed E-state index contributed by atoms with van der Waals surface area (Å²) in [5.74, 6) is -0.130. The van der Waals surface area contributed by atoms with Gasteiger partial charge in [-0.25, -0.2) is 4.39 Å². The van der Waals surface area contributed by atoms with Gasteiger partial charge in [-0.2, -0.15) is 0 Å². The Morgan fingerprint density at radius 1 is 0.903 bits per heavy atom. The summed E-state index contributed by atoms with van der Waals surface area (Å²) in [5, 5.41) is 5.33. The lowest BCUT2D eigenvalue weighted by Gasteiger charge is -2.12. The molecule has 3 aromatic carbocycles. The third kappa shape index (κ3) is 7.15. The molecule has 0 atom stereocenters. The van der Waals surface area contributed by atoms with Crippen LogP contribution < -0.4 is 15.4 Å². The quantitative estimate of drug-likeness (QED) is 0.354. The van der Waals surface area contributed by atoms with Crippen molar-refractivity contribution in [2.45, 2.75) is 11.3 Å². The van der Waals surface area contributed by atoms with Crippen LogP contribution in [0.2, 0.25) is 0 Å². The third-order valence-corrected chi connectivity index (χ3v) is 5.36. The van der Waals surface area contributed by atoms with Crippen molar-refractivity contribution in [3.8, 4) is 5.75 Å². The van der Waals surface area contributed by atoms with Crippen molar-refractivity contribution >= 4 is 29.3 Å². The molecule has 7 heteroatoms. The topological polar surface area (TPSA) is 67.4 Å². The molecular weight excluding hydrogens is 415 g/mol. The number of carbonyl (C=O) groups is 2. The van der Waals surface area contributed by atoms with E-state index in [9.17, 15) is 14.0 Å². The zero-order valence-electron chi connectivity index (χ0n) is 16.8. The second kappa shape index (κ2) is 11.8. The second-order valence-corrected chi connectivity index (χ2v) is 7.75. The number of hydrogen-bond donors (Lipinski definition) is 2. The Bertz CT molecular complexity index is 1010. The van der Waals surface area contributed by atoms with Crippen molar-refractivity contribution in [3.05, 3.63) is 90.2 Å². The maximum Gasteiger partial charge on any atom is 0.262 e. The van der Waals surface area contributed by atoms with Crippen molar-refractivity contribution in [2.24, 2.45) is 0 Å². The maximum absolute atomic E-state index is 13.6. The van der Waals surface area contributed by atoms with E-state index in [1.54, 1.807) is 42.1 Å². The van der Waals surface area contributed by atoms with Gasteiger partial charge >= 0.3 is 0 Å². The van der Waals surface area contributed by atoms with Crippen LogP contribution in [0.5, 0.6) is 5.75 Å². The number of nitrogens with one attached hydrogen (secondary N) is 2. The lowest BCUT2D eigenvalue weighted by molar-refractivity contribution is -0.118. The SMILES string of the molecule is O=C(COc1ccccc1C(=O)NCCCSc1ccccc1)Nc1ccccc1F. The highest BCUT2D eigenvalue weighted by molar-refractivity contribution is 7.99. The molecule has 2 amide bonds. The lowest BCUT2D eigenvalue weighted by atomic mass is 10.2. The van der Waals surface area contributed by atoms with Crippen LogP contribution in [-0.4, -0.2) is 30.7 Å². The van der Waals surface area contributed by atoms with Gasteiger partial charge in [0, 0.05) is 11.4 Å². The molecule has 3 rings (SSSR count). The van der Waals surface area contributed by atoms with E-state index in [0.29, 0.717) is 17.9 Å². The Kier molecular flexibility index (Phi) is 8.48. The largest absolute Gasteiger partial charge is 0.483 e. The minimum atomic E-state index is -0.527. The van der Waals surface area contributed by atoms with E-state index in [4.69, 9.17) is 4.74 Å². The predicted octanol–water partition coefficient (Wildman–Crippen LogP) is 4.76. The van der Waals surface area contributed by atoms with Crippen molar-refractivity contribution in [1.29, 1.82) is 0 Å². The summed E-state index contributed by atoms with van der Waals surface area (Å²) in [6.45, 7) is 0.188. The van der Waals surface area contributed by atoms with E-state index in [-0.39, 0.29) is 18.2 Å². The third-order valence-electron chi connectivity index (χ3n) is 4.26. The lowest BCUT2D eigenvalue weighted by Crippen LogP contribution is -2.26. The van der Waals surface area contributed by atoms with Gasteiger partial charge in [0.15, 0.2) is 6.61 Å². The number of ether oxygens (including phenoxy) is 1. The molecule has 0 radical (unpaired) electrons. The average molecular weight is 439 g/mol. The molecule has 160 valence electrons. The first-order chi connectivity index (χ1) is 15.1. The Labute approximate surface area is 185 Å². The fourth-order valence-electron chi connectivity index (χ4n) is 2.75. The Hall–Kier alpha value is -3.32. The highest BCUT2D eigenvalue weighted by Gasteiger charge is 2.13. The maximum atomic E-state index is 13.6. The number of anilines is 1. The van der Waals surface area contributed by atoms with E-state index >= 15 is 0 Å². The fourth-order valence-corrected chi connectivity index (χ4v) is 3.62. The smallest absolute Gasteiger partial charge is 0.262 e. The zero-order chi connectivity index (χ0) is 21.9. The van der Waals surface area contributed by atoms with Gasteiger partial charge in [-0.3, -0.25) is 9.59 Å². The standard InChI is InChI=1S/C24H23FN2O3S/c25-20-12-5-6-13-21(20)27-23(28)17-30-22-14-7-4-11-19(22)24(29)26-15-8-16-31-18-9-2-1-3-10-18/h1-7,9-14H,8,15-17H2,(H,26,29)(H,27,28). The van der Waals surface area contributed by atoms with Crippen molar-refractivity contribution in [2.75, 3.05) is 24.2 Å². The van der Waals surface area contributed by atoms with Crippen LogP contribution in [-0.2, 0) is 4.79 Å². The first kappa shape index (κ1) is 22.4. The minimum Gasteiger partial charge on any atom is -0.483 e. The van der Waals surface area contributed by atoms with Gasteiger partial charge in [-0.05, 0) is 48.6 Å². The van der Waals surface area contributed by atoms with Crippen LogP contribution in [0.4, 0.5) is 10.1 Å². The monoisotopic (exact) mass is 438 g/mol. The molecule has 0 unspecified atom stereocenters. The molecule has 31 heavy (non-hydrogen) atoms. The normalized spacial score (nSPS) is 10.4. The molecule has 0 saturated carbocycles. The summed E-state index contributed by atoms with van der Waals surface area (Å²) in [7, 11) is 0. The van der Waals surface area contributed by atoms with Crippen molar-refractivity contribution < 1.29 is 18.7 Å². The summed E-state index contributed by atoms with van der Waals surface area (Å²) in [4.78, 5) is 25.8. The van der Waals surface area contributed by atoms with Crippen LogP contribution in [0.15, 0.2) is 83.8 Å². The summed E-state index contributed by atoms with van der Waals surface area (Å²) in [6.07, 6.45) is 0.819. The van der Waals surface area contributed by atoms with Crippen LogP contribution in [0.1, 0.15) is 16.8 Å². The molecule has 5 nitrogen and oxygen atoms in total. The average Bonchev–Trinajstić information content (AvgIpc) is 2.80. The minimum absolute atomic E-state index is 0.0792. The number of benzene rings is 3. The van der Waals surface area contributed by atoms with E-state index in [1.165, 1.54) is 23.1 Å². The van der Waals surface area contributed by atoms with Gasteiger partial charge in [-0.1, -0.05) is 42.5 Å². The van der Waals surface area contributed by atoms with E-state index in [1.807, 2.05) is 18.2 Å². The number of halogens is 1. The molecule has 0 spiro atoms. The number of rotatable bonds is 10.